The first-order valence-electron chi connectivity index (χ1n) is 5.30. The summed E-state index contributed by atoms with van der Waals surface area (Å²) < 4.78 is 37.8. The first-order chi connectivity index (χ1) is 7.90. The molecule has 0 bridgehead atoms. The second kappa shape index (κ2) is 6.35. The van der Waals surface area contributed by atoms with Crippen molar-refractivity contribution in [1.82, 2.24) is 9.88 Å². The second-order valence-electron chi connectivity index (χ2n) is 3.79. The van der Waals surface area contributed by atoms with Crippen LogP contribution >= 0.6 is 15.9 Å². The molecule has 0 aliphatic heterocycles. The summed E-state index contributed by atoms with van der Waals surface area (Å²) in [6.45, 7) is 1.61. The Bertz CT molecular complexity index is 338. The number of hydrogen-bond donors (Lipinski definition) is 0. The molecule has 0 radical (unpaired) electrons. The number of pyridine rings is 1. The lowest BCUT2D eigenvalue weighted by atomic mass is 10.3. The van der Waals surface area contributed by atoms with Gasteiger partial charge in [-0.2, -0.15) is 13.2 Å². The lowest BCUT2D eigenvalue weighted by molar-refractivity contribution is -0.147. The second-order valence-corrected chi connectivity index (χ2v) is 4.71. The van der Waals surface area contributed by atoms with E-state index in [2.05, 4.69) is 20.9 Å². The van der Waals surface area contributed by atoms with Crippen molar-refractivity contribution in [2.75, 3.05) is 13.1 Å². The van der Waals surface area contributed by atoms with E-state index in [1.807, 2.05) is 6.92 Å². The Morgan fingerprint density at radius 1 is 1.35 bits per heavy atom. The molecule has 0 aliphatic carbocycles. The lowest BCUT2D eigenvalue weighted by Gasteiger charge is -2.22. The minimum absolute atomic E-state index is 0.223. The molecule has 0 atom stereocenters. The van der Waals surface area contributed by atoms with Gasteiger partial charge < -0.3 is 0 Å². The zero-order valence-electron chi connectivity index (χ0n) is 9.47. The van der Waals surface area contributed by atoms with E-state index >= 15 is 0 Å². The van der Waals surface area contributed by atoms with Crippen molar-refractivity contribution in [3.63, 3.8) is 0 Å². The Kier molecular flexibility index (Phi) is 5.39. The standard InChI is InChI=1S/C11H14BrF3N2/c1-2-5-17(8-11(13,14)15)7-10-4-3-9(12)6-16-10/h3-4,6H,2,5,7-8H2,1H3. The first kappa shape index (κ1) is 14.4. The molecule has 0 fully saturated rings. The third-order valence-corrected chi connectivity index (χ3v) is 2.59. The average molecular weight is 311 g/mol. The van der Waals surface area contributed by atoms with Gasteiger partial charge in [0.05, 0.1) is 12.2 Å². The summed E-state index contributed by atoms with van der Waals surface area (Å²) in [5.74, 6) is 0. The fraction of sp³-hybridized carbons (Fsp3) is 0.545. The van der Waals surface area contributed by atoms with Gasteiger partial charge in [0, 0.05) is 17.2 Å². The molecular formula is C11H14BrF3N2. The maximum atomic E-state index is 12.3. The van der Waals surface area contributed by atoms with Gasteiger partial charge in [0.25, 0.3) is 0 Å². The zero-order chi connectivity index (χ0) is 12.9. The largest absolute Gasteiger partial charge is 0.401 e. The van der Waals surface area contributed by atoms with Gasteiger partial charge in [0.2, 0.25) is 0 Å². The van der Waals surface area contributed by atoms with Crippen molar-refractivity contribution in [3.8, 4) is 0 Å². The van der Waals surface area contributed by atoms with Crippen LogP contribution in [-0.2, 0) is 6.54 Å². The van der Waals surface area contributed by atoms with Crippen molar-refractivity contribution in [3.05, 3.63) is 28.5 Å². The van der Waals surface area contributed by atoms with Gasteiger partial charge in [-0.1, -0.05) is 6.92 Å². The maximum absolute atomic E-state index is 12.3. The van der Waals surface area contributed by atoms with E-state index in [0.29, 0.717) is 18.7 Å². The molecule has 1 heterocycles. The van der Waals surface area contributed by atoms with Crippen LogP contribution in [0.1, 0.15) is 19.0 Å². The van der Waals surface area contributed by atoms with Crippen molar-refractivity contribution in [2.24, 2.45) is 0 Å². The molecule has 0 amide bonds. The van der Waals surface area contributed by atoms with Gasteiger partial charge in [0.1, 0.15) is 0 Å². The van der Waals surface area contributed by atoms with Gasteiger partial charge in [-0.3, -0.25) is 9.88 Å². The average Bonchev–Trinajstić information content (AvgIpc) is 2.19. The summed E-state index contributed by atoms with van der Waals surface area (Å²) in [7, 11) is 0. The topological polar surface area (TPSA) is 16.1 Å². The van der Waals surface area contributed by atoms with E-state index in [-0.39, 0.29) is 6.54 Å². The molecule has 6 heteroatoms. The Balaban J connectivity index is 2.63. The van der Waals surface area contributed by atoms with E-state index in [0.717, 1.165) is 4.47 Å². The fourth-order valence-corrected chi connectivity index (χ4v) is 1.75. The molecule has 1 aromatic heterocycles. The predicted molar refractivity (Wildman–Crippen MR) is 63.6 cm³/mol. The minimum atomic E-state index is -4.16. The molecule has 0 spiro atoms. The number of alkyl halides is 3. The summed E-state index contributed by atoms with van der Waals surface area (Å²) >= 11 is 3.24. The SMILES string of the molecule is CCCN(Cc1ccc(Br)cn1)CC(F)(F)F. The molecule has 0 saturated carbocycles. The van der Waals surface area contributed by atoms with E-state index in [9.17, 15) is 13.2 Å². The summed E-state index contributed by atoms with van der Waals surface area (Å²) in [6, 6.07) is 3.50. The number of nitrogens with zero attached hydrogens (tertiary/aromatic N) is 2. The van der Waals surface area contributed by atoms with Crippen molar-refractivity contribution >= 4 is 15.9 Å². The van der Waals surface area contributed by atoms with E-state index < -0.39 is 12.7 Å². The van der Waals surface area contributed by atoms with Gasteiger partial charge >= 0.3 is 6.18 Å². The van der Waals surface area contributed by atoms with E-state index in [4.69, 9.17) is 0 Å². The third-order valence-electron chi connectivity index (χ3n) is 2.12. The zero-order valence-corrected chi connectivity index (χ0v) is 11.1. The Hall–Kier alpha value is -0.620. The van der Waals surface area contributed by atoms with Crippen LogP contribution in [-0.4, -0.2) is 29.1 Å². The normalized spacial score (nSPS) is 12.1. The molecule has 0 saturated heterocycles. The smallest absolute Gasteiger partial charge is 0.289 e. The molecule has 96 valence electrons. The highest BCUT2D eigenvalue weighted by atomic mass is 79.9. The Labute approximate surface area is 107 Å². The molecule has 17 heavy (non-hydrogen) atoms. The van der Waals surface area contributed by atoms with Crippen LogP contribution in [0.15, 0.2) is 22.8 Å². The molecule has 0 aromatic carbocycles. The highest BCUT2D eigenvalue weighted by Gasteiger charge is 2.30. The van der Waals surface area contributed by atoms with Crippen LogP contribution in [0.3, 0.4) is 0 Å². The van der Waals surface area contributed by atoms with Gasteiger partial charge in [-0.05, 0) is 41.0 Å². The maximum Gasteiger partial charge on any atom is 0.401 e. The van der Waals surface area contributed by atoms with Gasteiger partial charge in [-0.15, -0.1) is 0 Å². The summed E-state index contributed by atoms with van der Waals surface area (Å²) in [6.07, 6.45) is -1.88. The van der Waals surface area contributed by atoms with Crippen LogP contribution in [0.4, 0.5) is 13.2 Å². The Morgan fingerprint density at radius 2 is 2.06 bits per heavy atom. The number of hydrogen-bond acceptors (Lipinski definition) is 2. The highest BCUT2D eigenvalue weighted by molar-refractivity contribution is 9.10. The molecule has 0 aliphatic rings. The van der Waals surface area contributed by atoms with Crippen LogP contribution in [0.2, 0.25) is 0 Å². The van der Waals surface area contributed by atoms with E-state index in [1.54, 1.807) is 18.3 Å². The summed E-state index contributed by atoms with van der Waals surface area (Å²) in [5, 5.41) is 0. The Morgan fingerprint density at radius 3 is 2.53 bits per heavy atom. The van der Waals surface area contributed by atoms with E-state index in [1.165, 1.54) is 4.90 Å². The fourth-order valence-electron chi connectivity index (χ4n) is 1.51. The summed E-state index contributed by atoms with van der Waals surface area (Å²) in [4.78, 5) is 5.43. The number of halogens is 4. The van der Waals surface area contributed by atoms with Crippen molar-refractivity contribution in [2.45, 2.75) is 26.1 Å². The molecular weight excluding hydrogens is 297 g/mol. The number of aromatic nitrogens is 1. The first-order valence-corrected chi connectivity index (χ1v) is 6.09. The predicted octanol–water partition coefficient (Wildman–Crippen LogP) is 3.62. The van der Waals surface area contributed by atoms with Crippen LogP contribution in [0.5, 0.6) is 0 Å². The van der Waals surface area contributed by atoms with Crippen LogP contribution < -0.4 is 0 Å². The molecule has 1 rings (SSSR count). The third kappa shape index (κ3) is 6.02. The van der Waals surface area contributed by atoms with Crippen LogP contribution in [0, 0.1) is 0 Å². The summed E-state index contributed by atoms with van der Waals surface area (Å²) in [5.41, 5.74) is 0.644. The molecule has 1 aromatic rings. The lowest BCUT2D eigenvalue weighted by Crippen LogP contribution is -2.34. The van der Waals surface area contributed by atoms with Gasteiger partial charge in [-0.25, -0.2) is 0 Å². The molecule has 0 N–H and O–H groups in total. The number of rotatable bonds is 5. The van der Waals surface area contributed by atoms with Gasteiger partial charge in [0.15, 0.2) is 0 Å². The molecule has 2 nitrogen and oxygen atoms in total. The quantitative estimate of drug-likeness (QED) is 0.826. The highest BCUT2D eigenvalue weighted by Crippen LogP contribution is 2.18. The van der Waals surface area contributed by atoms with Crippen LogP contribution in [0.25, 0.3) is 0 Å². The van der Waals surface area contributed by atoms with Crippen molar-refractivity contribution in [1.29, 1.82) is 0 Å². The van der Waals surface area contributed by atoms with Crippen molar-refractivity contribution < 1.29 is 13.2 Å². The molecule has 0 unspecified atom stereocenters. The minimum Gasteiger partial charge on any atom is -0.289 e. The monoisotopic (exact) mass is 310 g/mol.